The Morgan fingerprint density at radius 2 is 1.81 bits per heavy atom. The second-order valence-corrected chi connectivity index (χ2v) is 13.4. The Kier molecular flexibility index (Phi) is 9.69. The summed E-state index contributed by atoms with van der Waals surface area (Å²) in [5.74, 6) is -0.639. The standard InChI is InChI=1S/C28H31F3N4O6S2/c1-17-14-35(18(2)16-36)26(37)22-13-21(33-27(38)32-20-8-6-19(7-9-20)28(29,30)31)10-11-23(22)41-24(17)15-34(3)43(39,40)25-5-4-12-42-25/h4-13,17-18,24,36H,14-16H2,1-3H3,(H2,32,33,38)/t17-,18+,24-/m1/s1. The van der Waals surface area contributed by atoms with Gasteiger partial charge in [-0.2, -0.15) is 17.5 Å². The zero-order valence-electron chi connectivity index (χ0n) is 23.5. The molecule has 0 saturated heterocycles. The number of carbonyl (C=O) groups excluding carboxylic acids is 2. The number of benzene rings is 2. The molecule has 0 unspecified atom stereocenters. The van der Waals surface area contributed by atoms with Crippen molar-refractivity contribution in [1.29, 1.82) is 0 Å². The maximum absolute atomic E-state index is 13.6. The van der Waals surface area contributed by atoms with Crippen LogP contribution in [0.2, 0.25) is 0 Å². The summed E-state index contributed by atoms with van der Waals surface area (Å²) >= 11 is 1.10. The van der Waals surface area contributed by atoms with E-state index in [1.807, 2.05) is 6.92 Å². The minimum absolute atomic E-state index is 0.0219. The number of alkyl halides is 3. The highest BCUT2D eigenvalue weighted by atomic mass is 32.2. The van der Waals surface area contributed by atoms with Crippen LogP contribution < -0.4 is 15.4 Å². The lowest BCUT2D eigenvalue weighted by molar-refractivity contribution is -0.137. The molecule has 4 rings (SSSR count). The van der Waals surface area contributed by atoms with E-state index in [-0.39, 0.29) is 52.5 Å². The third kappa shape index (κ3) is 7.47. The molecule has 1 aromatic heterocycles. The van der Waals surface area contributed by atoms with Crippen LogP contribution in [0, 0.1) is 5.92 Å². The molecule has 3 aromatic rings. The van der Waals surface area contributed by atoms with E-state index in [1.54, 1.807) is 18.4 Å². The first-order valence-electron chi connectivity index (χ1n) is 13.2. The molecule has 15 heteroatoms. The van der Waals surface area contributed by atoms with Crippen LogP contribution in [0.1, 0.15) is 29.8 Å². The molecule has 0 fully saturated rings. The fraction of sp³-hybridized carbons (Fsp3) is 0.357. The van der Waals surface area contributed by atoms with E-state index in [0.717, 1.165) is 35.6 Å². The van der Waals surface area contributed by atoms with Crippen LogP contribution in [0.3, 0.4) is 0 Å². The van der Waals surface area contributed by atoms with Crippen LogP contribution in [0.5, 0.6) is 5.75 Å². The van der Waals surface area contributed by atoms with Gasteiger partial charge in [-0.15, -0.1) is 11.3 Å². The third-order valence-corrected chi connectivity index (χ3v) is 10.2. The number of anilines is 2. The van der Waals surface area contributed by atoms with Crippen LogP contribution in [-0.4, -0.2) is 73.6 Å². The van der Waals surface area contributed by atoms with Gasteiger partial charge in [-0.3, -0.25) is 4.79 Å². The average molecular weight is 641 g/mol. The van der Waals surface area contributed by atoms with Crippen molar-refractivity contribution in [3.05, 3.63) is 71.1 Å². The Labute approximate surface area is 251 Å². The molecule has 1 aliphatic rings. The lowest BCUT2D eigenvalue weighted by Crippen LogP contribution is -2.50. The van der Waals surface area contributed by atoms with Crippen molar-refractivity contribution < 1.29 is 41.0 Å². The first-order valence-corrected chi connectivity index (χ1v) is 15.5. The summed E-state index contributed by atoms with van der Waals surface area (Å²) in [6.45, 7) is 3.32. The van der Waals surface area contributed by atoms with Crippen molar-refractivity contribution in [3.8, 4) is 5.75 Å². The molecule has 0 bridgehead atoms. The van der Waals surface area contributed by atoms with Crippen LogP contribution in [0.25, 0.3) is 0 Å². The summed E-state index contributed by atoms with van der Waals surface area (Å²) in [6.07, 6.45) is -5.19. The van der Waals surface area contributed by atoms with Gasteiger partial charge in [-0.1, -0.05) is 13.0 Å². The molecule has 0 spiro atoms. The lowest BCUT2D eigenvalue weighted by atomic mass is 9.99. The van der Waals surface area contributed by atoms with Gasteiger partial charge in [-0.05, 0) is 60.8 Å². The van der Waals surface area contributed by atoms with Crippen LogP contribution in [0.15, 0.2) is 64.2 Å². The van der Waals surface area contributed by atoms with E-state index in [1.165, 1.54) is 40.5 Å². The topological polar surface area (TPSA) is 128 Å². The summed E-state index contributed by atoms with van der Waals surface area (Å²) in [5.41, 5.74) is -0.464. The fourth-order valence-electron chi connectivity index (χ4n) is 4.47. The monoisotopic (exact) mass is 640 g/mol. The molecule has 43 heavy (non-hydrogen) atoms. The van der Waals surface area contributed by atoms with E-state index in [9.17, 15) is 36.3 Å². The van der Waals surface area contributed by atoms with E-state index in [2.05, 4.69) is 10.6 Å². The Morgan fingerprint density at radius 3 is 2.42 bits per heavy atom. The molecule has 0 radical (unpaired) electrons. The molecule has 3 amide bonds. The van der Waals surface area contributed by atoms with Gasteiger partial charge in [0, 0.05) is 30.9 Å². The number of rotatable bonds is 8. The number of carbonyl (C=O) groups is 2. The number of nitrogens with one attached hydrogen (secondary N) is 2. The molecule has 1 aliphatic heterocycles. The number of hydrogen-bond acceptors (Lipinski definition) is 7. The number of aliphatic hydroxyl groups is 1. The summed E-state index contributed by atoms with van der Waals surface area (Å²) in [6, 6.07) is 10.1. The normalized spacial score (nSPS) is 18.3. The quantitative estimate of drug-likeness (QED) is 0.320. The minimum Gasteiger partial charge on any atom is -0.488 e. The Morgan fingerprint density at radius 1 is 1.16 bits per heavy atom. The molecule has 2 aromatic carbocycles. The smallest absolute Gasteiger partial charge is 0.416 e. The van der Waals surface area contributed by atoms with Crippen molar-refractivity contribution in [3.63, 3.8) is 0 Å². The maximum atomic E-state index is 13.6. The summed E-state index contributed by atoms with van der Waals surface area (Å²) in [5, 5.41) is 16.5. The van der Waals surface area contributed by atoms with E-state index in [0.29, 0.717) is 0 Å². The number of urea groups is 1. The summed E-state index contributed by atoms with van der Waals surface area (Å²) < 4.78 is 72.2. The number of thiophene rings is 1. The van der Waals surface area contributed by atoms with E-state index in [4.69, 9.17) is 4.74 Å². The number of sulfonamides is 1. The molecule has 2 heterocycles. The SMILES string of the molecule is C[C@@H]1CN([C@@H](C)CO)C(=O)c2cc(NC(=O)Nc3ccc(C(F)(F)F)cc3)ccc2O[C@@H]1CN(C)S(=O)(=O)c1cccs1. The second-order valence-electron chi connectivity index (χ2n) is 10.2. The second kappa shape index (κ2) is 12.9. The van der Waals surface area contributed by atoms with Crippen molar-refractivity contribution in [2.24, 2.45) is 5.92 Å². The number of ether oxygens (including phenoxy) is 1. The zero-order chi connectivity index (χ0) is 31.5. The summed E-state index contributed by atoms with van der Waals surface area (Å²) in [7, 11) is -2.33. The molecule has 0 saturated carbocycles. The molecular formula is C28H31F3N4O6S2. The molecule has 3 N–H and O–H groups in total. The van der Waals surface area contributed by atoms with Crippen LogP contribution in [-0.2, 0) is 16.2 Å². The number of hydrogen-bond donors (Lipinski definition) is 3. The Hall–Kier alpha value is -3.66. The average Bonchev–Trinajstić information content (AvgIpc) is 3.51. The number of aliphatic hydroxyl groups excluding tert-OH is 1. The van der Waals surface area contributed by atoms with Crippen LogP contribution >= 0.6 is 11.3 Å². The predicted molar refractivity (Wildman–Crippen MR) is 156 cm³/mol. The Balaban J connectivity index is 1.58. The van der Waals surface area contributed by atoms with Gasteiger partial charge < -0.3 is 25.4 Å². The van der Waals surface area contributed by atoms with Gasteiger partial charge in [0.2, 0.25) is 0 Å². The molecule has 232 valence electrons. The van der Waals surface area contributed by atoms with E-state index < -0.39 is 45.8 Å². The highest BCUT2D eigenvalue weighted by Crippen LogP contribution is 2.32. The number of likely N-dealkylation sites (N-methyl/N-ethyl adjacent to an activating group) is 1. The van der Waals surface area contributed by atoms with Gasteiger partial charge in [0.05, 0.1) is 30.3 Å². The van der Waals surface area contributed by atoms with Gasteiger partial charge in [0.1, 0.15) is 16.1 Å². The molecule has 3 atom stereocenters. The number of nitrogens with zero attached hydrogens (tertiary/aromatic N) is 2. The molecule has 0 aliphatic carbocycles. The Bertz CT molecular complexity index is 1550. The minimum atomic E-state index is -4.51. The van der Waals surface area contributed by atoms with Crippen molar-refractivity contribution >= 4 is 44.7 Å². The highest BCUT2D eigenvalue weighted by molar-refractivity contribution is 7.91. The first-order chi connectivity index (χ1) is 20.2. The predicted octanol–water partition coefficient (Wildman–Crippen LogP) is 4.95. The fourth-order valence-corrected chi connectivity index (χ4v) is 6.85. The number of amides is 3. The highest BCUT2D eigenvalue weighted by Gasteiger charge is 2.35. The van der Waals surface area contributed by atoms with E-state index >= 15 is 0 Å². The van der Waals surface area contributed by atoms with Gasteiger partial charge in [0.25, 0.3) is 15.9 Å². The van der Waals surface area contributed by atoms with Crippen LogP contribution in [0.4, 0.5) is 29.3 Å². The largest absolute Gasteiger partial charge is 0.488 e. The number of fused-ring (bicyclic) bond motifs is 1. The van der Waals surface area contributed by atoms with Crippen molar-refractivity contribution in [2.45, 2.75) is 36.4 Å². The van der Waals surface area contributed by atoms with Gasteiger partial charge >= 0.3 is 12.2 Å². The van der Waals surface area contributed by atoms with Crippen molar-refractivity contribution in [1.82, 2.24) is 9.21 Å². The number of halogens is 3. The molecule has 10 nitrogen and oxygen atoms in total. The lowest BCUT2D eigenvalue weighted by Gasteiger charge is -2.38. The zero-order valence-corrected chi connectivity index (χ0v) is 25.1. The molecular weight excluding hydrogens is 609 g/mol. The summed E-state index contributed by atoms with van der Waals surface area (Å²) in [4.78, 5) is 27.7. The maximum Gasteiger partial charge on any atom is 0.416 e. The van der Waals surface area contributed by atoms with Gasteiger partial charge in [0.15, 0.2) is 0 Å². The third-order valence-electron chi connectivity index (χ3n) is 6.99. The van der Waals surface area contributed by atoms with Crippen molar-refractivity contribution in [2.75, 3.05) is 37.4 Å². The first kappa shape index (κ1) is 32.3. The van der Waals surface area contributed by atoms with Gasteiger partial charge in [-0.25, -0.2) is 13.2 Å².